The van der Waals surface area contributed by atoms with E-state index in [-0.39, 0.29) is 5.91 Å². The minimum Gasteiger partial charge on any atom is -0.397 e. The molecule has 0 aliphatic heterocycles. The fraction of sp³-hybridized carbons (Fsp3) is 0.643. The summed E-state index contributed by atoms with van der Waals surface area (Å²) in [6, 6.07) is 2.31. The summed E-state index contributed by atoms with van der Waals surface area (Å²) in [6.07, 6.45) is 4.53. The van der Waals surface area contributed by atoms with Gasteiger partial charge in [0.15, 0.2) is 0 Å². The molecule has 0 saturated heterocycles. The van der Waals surface area contributed by atoms with E-state index in [1.54, 1.807) is 0 Å². The Morgan fingerprint density at radius 3 is 2.84 bits per heavy atom. The molecule has 0 atom stereocenters. The first kappa shape index (κ1) is 14.2. The van der Waals surface area contributed by atoms with Crippen molar-refractivity contribution in [2.45, 2.75) is 45.6 Å². The van der Waals surface area contributed by atoms with Crippen LogP contribution in [0, 0.1) is 0 Å². The number of carbonyl (C=O) groups is 1. The molecule has 0 aromatic carbocycles. The number of anilines is 2. The molecule has 2 rings (SSSR count). The number of carbonyl (C=O) groups excluding carboxylic acids is 1. The lowest BCUT2D eigenvalue weighted by Gasteiger charge is -2.20. The van der Waals surface area contributed by atoms with Crippen molar-refractivity contribution in [3.63, 3.8) is 0 Å². The Morgan fingerprint density at radius 1 is 1.53 bits per heavy atom. The minimum absolute atomic E-state index is 0.0113. The number of nitrogen functional groups attached to an aromatic ring is 1. The summed E-state index contributed by atoms with van der Waals surface area (Å²) >= 11 is 1.51. The maximum Gasteiger partial charge on any atom is 0.263 e. The van der Waals surface area contributed by atoms with Gasteiger partial charge in [0.1, 0.15) is 4.88 Å². The minimum atomic E-state index is -0.0113. The molecule has 106 valence electrons. The Bertz CT molecular complexity index is 440. The molecule has 0 unspecified atom stereocenters. The third-order valence-corrected chi connectivity index (χ3v) is 4.55. The average molecular weight is 281 g/mol. The largest absolute Gasteiger partial charge is 0.397 e. The van der Waals surface area contributed by atoms with Gasteiger partial charge < -0.3 is 16.0 Å². The second-order valence-electron chi connectivity index (χ2n) is 5.05. The Balaban J connectivity index is 2.07. The number of nitrogens with zero attached hydrogens (tertiary/aromatic N) is 1. The highest BCUT2D eigenvalue weighted by atomic mass is 32.1. The maximum atomic E-state index is 12.1. The van der Waals surface area contributed by atoms with E-state index >= 15 is 0 Å². The molecule has 1 heterocycles. The monoisotopic (exact) mass is 281 g/mol. The molecule has 0 spiro atoms. The van der Waals surface area contributed by atoms with Gasteiger partial charge in [-0.05, 0) is 32.3 Å². The third kappa shape index (κ3) is 3.62. The van der Waals surface area contributed by atoms with Crippen molar-refractivity contribution in [3.8, 4) is 0 Å². The van der Waals surface area contributed by atoms with Gasteiger partial charge in [0, 0.05) is 19.1 Å². The topological polar surface area (TPSA) is 58.4 Å². The van der Waals surface area contributed by atoms with Crippen molar-refractivity contribution in [3.05, 3.63) is 10.9 Å². The lowest BCUT2D eigenvalue weighted by molar-refractivity contribution is 0.0956. The molecule has 0 radical (unpaired) electrons. The maximum absolute atomic E-state index is 12.1. The number of hydrogen-bond donors (Lipinski definition) is 2. The number of nitrogens with two attached hydrogens (primary N) is 1. The fourth-order valence-corrected chi connectivity index (χ4v) is 3.05. The number of unbranched alkanes of at least 4 members (excludes halogenated alkanes) is 1. The van der Waals surface area contributed by atoms with Gasteiger partial charge in [-0.2, -0.15) is 0 Å². The van der Waals surface area contributed by atoms with Gasteiger partial charge in [-0.25, -0.2) is 0 Å². The second kappa shape index (κ2) is 6.28. The Morgan fingerprint density at radius 2 is 2.26 bits per heavy atom. The Labute approximate surface area is 119 Å². The summed E-state index contributed by atoms with van der Waals surface area (Å²) in [5.41, 5.74) is 6.59. The van der Waals surface area contributed by atoms with Gasteiger partial charge >= 0.3 is 0 Å². The number of rotatable bonds is 7. The van der Waals surface area contributed by atoms with Crippen LogP contribution in [-0.4, -0.2) is 25.0 Å². The number of nitrogens with one attached hydrogen (secondary N) is 1. The molecule has 0 bridgehead atoms. The quantitative estimate of drug-likeness (QED) is 0.808. The van der Waals surface area contributed by atoms with Gasteiger partial charge in [0.25, 0.3) is 5.91 Å². The van der Waals surface area contributed by atoms with Gasteiger partial charge in [-0.3, -0.25) is 4.79 Å². The first-order valence-corrected chi connectivity index (χ1v) is 7.92. The normalized spacial score (nSPS) is 14.4. The van der Waals surface area contributed by atoms with Crippen molar-refractivity contribution in [2.75, 3.05) is 23.7 Å². The molecule has 1 aliphatic rings. The predicted molar refractivity (Wildman–Crippen MR) is 82.0 cm³/mol. The van der Waals surface area contributed by atoms with Gasteiger partial charge in [-0.15, -0.1) is 11.3 Å². The van der Waals surface area contributed by atoms with Crippen molar-refractivity contribution in [2.24, 2.45) is 0 Å². The summed E-state index contributed by atoms with van der Waals surface area (Å²) in [5.74, 6) is -0.0113. The van der Waals surface area contributed by atoms with Crippen LogP contribution in [0.2, 0.25) is 0 Å². The van der Waals surface area contributed by atoms with E-state index in [4.69, 9.17) is 5.73 Å². The molecule has 1 fully saturated rings. The van der Waals surface area contributed by atoms with E-state index in [0.29, 0.717) is 16.6 Å². The summed E-state index contributed by atoms with van der Waals surface area (Å²) < 4.78 is 0. The van der Waals surface area contributed by atoms with Crippen molar-refractivity contribution in [1.82, 2.24) is 5.32 Å². The molecular weight excluding hydrogens is 258 g/mol. The number of amides is 1. The zero-order valence-electron chi connectivity index (χ0n) is 11.7. The first-order chi connectivity index (χ1) is 9.15. The highest BCUT2D eigenvalue weighted by molar-refractivity contribution is 7.18. The Hall–Kier alpha value is -1.23. The van der Waals surface area contributed by atoms with Crippen LogP contribution in [-0.2, 0) is 0 Å². The van der Waals surface area contributed by atoms with Gasteiger partial charge in [0.2, 0.25) is 0 Å². The zero-order valence-corrected chi connectivity index (χ0v) is 12.6. The van der Waals surface area contributed by atoms with Crippen LogP contribution in [0.5, 0.6) is 0 Å². The molecule has 3 N–H and O–H groups in total. The third-order valence-electron chi connectivity index (χ3n) is 3.34. The molecule has 5 heteroatoms. The van der Waals surface area contributed by atoms with E-state index in [2.05, 4.69) is 24.1 Å². The van der Waals surface area contributed by atoms with E-state index < -0.39 is 0 Å². The van der Waals surface area contributed by atoms with Crippen LogP contribution in [0.4, 0.5) is 10.7 Å². The SMILES string of the molecule is CCCCN(CC)c1cc(N)c(C(=O)NC2CC2)s1. The van der Waals surface area contributed by atoms with Crippen molar-refractivity contribution < 1.29 is 4.79 Å². The molecule has 1 aliphatic carbocycles. The van der Waals surface area contributed by atoms with Crippen molar-refractivity contribution >= 4 is 27.9 Å². The average Bonchev–Trinajstić information content (AvgIpc) is 3.11. The Kier molecular flexibility index (Phi) is 4.69. The molecule has 1 amide bonds. The van der Waals surface area contributed by atoms with Crippen LogP contribution in [0.1, 0.15) is 49.2 Å². The number of thiophene rings is 1. The highest BCUT2D eigenvalue weighted by Crippen LogP contribution is 2.33. The van der Waals surface area contributed by atoms with Crippen LogP contribution < -0.4 is 16.0 Å². The van der Waals surface area contributed by atoms with Crippen LogP contribution in [0.25, 0.3) is 0 Å². The van der Waals surface area contributed by atoms with E-state index in [9.17, 15) is 4.79 Å². The molecule has 1 saturated carbocycles. The van der Waals surface area contributed by atoms with Crippen LogP contribution in [0.15, 0.2) is 6.07 Å². The lowest BCUT2D eigenvalue weighted by atomic mass is 10.3. The fourth-order valence-electron chi connectivity index (χ4n) is 1.98. The lowest BCUT2D eigenvalue weighted by Crippen LogP contribution is -2.25. The van der Waals surface area contributed by atoms with E-state index in [1.165, 1.54) is 17.8 Å². The molecule has 4 nitrogen and oxygen atoms in total. The van der Waals surface area contributed by atoms with Crippen molar-refractivity contribution in [1.29, 1.82) is 0 Å². The number of hydrogen-bond acceptors (Lipinski definition) is 4. The summed E-state index contributed by atoms with van der Waals surface area (Å²) in [6.45, 7) is 6.29. The second-order valence-corrected chi connectivity index (χ2v) is 6.08. The molecular formula is C14H23N3OS. The smallest absolute Gasteiger partial charge is 0.263 e. The van der Waals surface area contributed by atoms with Crippen LogP contribution in [0.3, 0.4) is 0 Å². The standard InChI is InChI=1S/C14H23N3OS/c1-3-5-8-17(4-2)12-9-11(15)13(19-12)14(18)16-10-6-7-10/h9-10H,3-8,15H2,1-2H3,(H,16,18). The molecule has 1 aromatic rings. The van der Waals surface area contributed by atoms with Crippen LogP contribution >= 0.6 is 11.3 Å². The van der Waals surface area contributed by atoms with Gasteiger partial charge in [-0.1, -0.05) is 13.3 Å². The summed E-state index contributed by atoms with van der Waals surface area (Å²) in [7, 11) is 0. The predicted octanol–water partition coefficient (Wildman–Crippen LogP) is 2.85. The molecule has 19 heavy (non-hydrogen) atoms. The highest BCUT2D eigenvalue weighted by Gasteiger charge is 2.26. The van der Waals surface area contributed by atoms with E-state index in [0.717, 1.165) is 37.4 Å². The molecule has 1 aromatic heterocycles. The van der Waals surface area contributed by atoms with E-state index in [1.807, 2.05) is 6.07 Å². The van der Waals surface area contributed by atoms with Gasteiger partial charge in [0.05, 0.1) is 10.7 Å². The first-order valence-electron chi connectivity index (χ1n) is 7.10. The summed E-state index contributed by atoms with van der Waals surface area (Å²) in [5, 5.41) is 4.10. The zero-order chi connectivity index (χ0) is 13.8. The summed E-state index contributed by atoms with van der Waals surface area (Å²) in [4.78, 5) is 15.0.